The minimum Gasteiger partial charge on any atom is -0.479 e. The summed E-state index contributed by atoms with van der Waals surface area (Å²) in [6.07, 6.45) is 4.56. The highest BCUT2D eigenvalue weighted by molar-refractivity contribution is 5.87. The molecule has 0 spiro atoms. The maximum Gasteiger partial charge on any atom is 0.312 e. The van der Waals surface area contributed by atoms with Crippen LogP contribution in [0.3, 0.4) is 0 Å². The SMILES string of the molecule is O=[N+]([O-])c1cccc(/C=C/c2nc(C=Nc3ccc4ccccc4c3)c(O)o2)c1. The molecule has 0 radical (unpaired) electrons. The molecular weight excluding hydrogens is 370 g/mol. The number of fused-ring (bicyclic) bond motifs is 1. The van der Waals surface area contributed by atoms with E-state index < -0.39 is 4.92 Å². The quantitative estimate of drug-likeness (QED) is 0.283. The Balaban J connectivity index is 1.53. The molecule has 0 unspecified atom stereocenters. The zero-order chi connectivity index (χ0) is 20.2. The molecule has 0 aliphatic rings. The zero-order valence-electron chi connectivity index (χ0n) is 15.1. The number of non-ortho nitro benzene ring substituents is 1. The summed E-state index contributed by atoms with van der Waals surface area (Å²) < 4.78 is 5.21. The van der Waals surface area contributed by atoms with Crippen LogP contribution in [-0.4, -0.2) is 21.2 Å². The lowest BCUT2D eigenvalue weighted by molar-refractivity contribution is -0.384. The number of hydrogen-bond acceptors (Lipinski definition) is 6. The highest BCUT2D eigenvalue weighted by Crippen LogP contribution is 2.23. The van der Waals surface area contributed by atoms with Gasteiger partial charge in [-0.25, -0.2) is 4.98 Å². The summed E-state index contributed by atoms with van der Waals surface area (Å²) in [7, 11) is 0. The van der Waals surface area contributed by atoms with E-state index in [1.54, 1.807) is 18.2 Å². The van der Waals surface area contributed by atoms with Gasteiger partial charge in [-0.05, 0) is 34.5 Å². The summed E-state index contributed by atoms with van der Waals surface area (Å²) >= 11 is 0. The second-order valence-electron chi connectivity index (χ2n) is 6.22. The molecule has 0 aliphatic carbocycles. The molecule has 7 nitrogen and oxygen atoms in total. The molecule has 4 aromatic rings. The third kappa shape index (κ3) is 4.19. The molecule has 1 N–H and O–H groups in total. The van der Waals surface area contributed by atoms with Gasteiger partial charge in [-0.2, -0.15) is 0 Å². The van der Waals surface area contributed by atoms with Crippen LogP contribution in [0, 0.1) is 10.1 Å². The van der Waals surface area contributed by atoms with Crippen LogP contribution in [0.25, 0.3) is 22.9 Å². The molecule has 0 atom stereocenters. The second kappa shape index (κ2) is 7.77. The topological polar surface area (TPSA) is 102 Å². The first-order valence-corrected chi connectivity index (χ1v) is 8.74. The monoisotopic (exact) mass is 385 g/mol. The molecule has 0 saturated heterocycles. The number of aromatic hydroxyl groups is 1. The molecule has 1 aromatic heterocycles. The Hall–Kier alpha value is -4.26. The van der Waals surface area contributed by atoms with Crippen LogP contribution in [0.1, 0.15) is 17.1 Å². The summed E-state index contributed by atoms with van der Waals surface area (Å²) in [6, 6.07) is 19.9. The third-order valence-electron chi connectivity index (χ3n) is 4.22. The molecule has 29 heavy (non-hydrogen) atoms. The number of aliphatic imine (C=N–C) groups is 1. The van der Waals surface area contributed by atoms with E-state index in [4.69, 9.17) is 4.42 Å². The predicted molar refractivity (Wildman–Crippen MR) is 111 cm³/mol. The average Bonchev–Trinajstić information content (AvgIpc) is 3.10. The first-order valence-electron chi connectivity index (χ1n) is 8.74. The van der Waals surface area contributed by atoms with E-state index in [0.29, 0.717) is 5.56 Å². The molecule has 7 heteroatoms. The van der Waals surface area contributed by atoms with Gasteiger partial charge < -0.3 is 9.52 Å². The number of hydrogen-bond donors (Lipinski definition) is 1. The predicted octanol–water partition coefficient (Wildman–Crippen LogP) is 5.36. The van der Waals surface area contributed by atoms with E-state index in [-0.39, 0.29) is 23.2 Å². The third-order valence-corrected chi connectivity index (χ3v) is 4.22. The normalized spacial score (nSPS) is 11.6. The minimum absolute atomic E-state index is 0.00870. The number of benzene rings is 3. The molecule has 3 aromatic carbocycles. The highest BCUT2D eigenvalue weighted by Gasteiger charge is 2.09. The van der Waals surface area contributed by atoms with E-state index in [1.807, 2.05) is 42.5 Å². The maximum absolute atomic E-state index is 10.8. The number of nitro benzene ring substituents is 1. The Labute approximate surface area is 165 Å². The number of aromatic nitrogens is 1. The minimum atomic E-state index is -0.463. The summed E-state index contributed by atoms with van der Waals surface area (Å²) in [5, 5.41) is 23.0. The van der Waals surface area contributed by atoms with Crippen LogP contribution in [0.4, 0.5) is 11.4 Å². The second-order valence-corrected chi connectivity index (χ2v) is 6.22. The smallest absolute Gasteiger partial charge is 0.312 e. The van der Waals surface area contributed by atoms with Crippen molar-refractivity contribution in [1.29, 1.82) is 0 Å². The molecule has 0 saturated carbocycles. The van der Waals surface area contributed by atoms with Gasteiger partial charge in [0.05, 0.1) is 16.8 Å². The Morgan fingerprint density at radius 3 is 2.66 bits per heavy atom. The molecule has 0 aliphatic heterocycles. The number of nitrogens with zero attached hydrogens (tertiary/aromatic N) is 3. The highest BCUT2D eigenvalue weighted by atomic mass is 16.6. The number of nitro groups is 1. The lowest BCUT2D eigenvalue weighted by atomic mass is 10.1. The van der Waals surface area contributed by atoms with Crippen molar-refractivity contribution in [3.8, 4) is 5.95 Å². The molecule has 0 amide bonds. The maximum atomic E-state index is 10.8. The standard InChI is InChI=1S/C22H15N3O4/c26-22-20(14-23-18-10-9-16-5-1-2-6-17(16)13-18)24-21(29-22)11-8-15-4-3-7-19(12-15)25(27)28/h1-14,26H/b11-8+,23-14?. The lowest BCUT2D eigenvalue weighted by Gasteiger charge is -1.98. The summed E-state index contributed by atoms with van der Waals surface area (Å²) in [4.78, 5) is 18.9. The summed E-state index contributed by atoms with van der Waals surface area (Å²) in [5.74, 6) is -0.192. The Kier molecular flexibility index (Phi) is 4.86. The van der Waals surface area contributed by atoms with Crippen LogP contribution < -0.4 is 0 Å². The van der Waals surface area contributed by atoms with Gasteiger partial charge in [0.2, 0.25) is 5.89 Å². The van der Waals surface area contributed by atoms with Gasteiger partial charge in [0, 0.05) is 18.2 Å². The van der Waals surface area contributed by atoms with Gasteiger partial charge in [0.15, 0.2) is 5.69 Å². The average molecular weight is 385 g/mol. The van der Waals surface area contributed by atoms with Gasteiger partial charge in [0.1, 0.15) is 0 Å². The Morgan fingerprint density at radius 1 is 1.00 bits per heavy atom. The largest absolute Gasteiger partial charge is 0.479 e. The van der Waals surface area contributed by atoms with Crippen LogP contribution in [0.5, 0.6) is 5.95 Å². The van der Waals surface area contributed by atoms with Gasteiger partial charge in [-0.1, -0.05) is 42.5 Å². The van der Waals surface area contributed by atoms with Gasteiger partial charge in [0.25, 0.3) is 5.69 Å². The van der Waals surface area contributed by atoms with Crippen molar-refractivity contribution in [2.24, 2.45) is 4.99 Å². The first-order chi connectivity index (χ1) is 14.1. The van der Waals surface area contributed by atoms with Crippen molar-refractivity contribution in [2.75, 3.05) is 0 Å². The molecule has 1 heterocycles. The molecular formula is C22H15N3O4. The van der Waals surface area contributed by atoms with Crippen LogP contribution in [0.2, 0.25) is 0 Å². The molecule has 0 bridgehead atoms. The molecule has 4 rings (SSSR count). The van der Waals surface area contributed by atoms with Gasteiger partial charge in [-0.15, -0.1) is 0 Å². The van der Waals surface area contributed by atoms with E-state index in [9.17, 15) is 15.2 Å². The van der Waals surface area contributed by atoms with Crippen molar-refractivity contribution < 1.29 is 14.4 Å². The van der Waals surface area contributed by atoms with Crippen molar-refractivity contribution >= 4 is 40.5 Å². The zero-order valence-corrected chi connectivity index (χ0v) is 15.1. The Morgan fingerprint density at radius 2 is 1.83 bits per heavy atom. The fraction of sp³-hybridized carbons (Fsp3) is 0. The van der Waals surface area contributed by atoms with Crippen molar-refractivity contribution in [3.05, 3.63) is 94.0 Å². The van der Waals surface area contributed by atoms with E-state index in [2.05, 4.69) is 9.98 Å². The van der Waals surface area contributed by atoms with Crippen LogP contribution in [0.15, 0.2) is 76.1 Å². The fourth-order valence-corrected chi connectivity index (χ4v) is 2.80. The van der Waals surface area contributed by atoms with Crippen molar-refractivity contribution in [3.63, 3.8) is 0 Å². The van der Waals surface area contributed by atoms with E-state index in [1.165, 1.54) is 24.4 Å². The van der Waals surface area contributed by atoms with E-state index in [0.717, 1.165) is 16.5 Å². The van der Waals surface area contributed by atoms with E-state index >= 15 is 0 Å². The molecule has 142 valence electrons. The van der Waals surface area contributed by atoms with Crippen LogP contribution in [-0.2, 0) is 0 Å². The first kappa shape index (κ1) is 18.1. The summed E-state index contributed by atoms with van der Waals surface area (Å²) in [6.45, 7) is 0. The fourth-order valence-electron chi connectivity index (χ4n) is 2.80. The van der Waals surface area contributed by atoms with Crippen LogP contribution >= 0.6 is 0 Å². The van der Waals surface area contributed by atoms with Gasteiger partial charge >= 0.3 is 5.95 Å². The van der Waals surface area contributed by atoms with Crippen molar-refractivity contribution in [1.82, 2.24) is 4.98 Å². The lowest BCUT2D eigenvalue weighted by Crippen LogP contribution is -1.87. The number of rotatable bonds is 5. The van der Waals surface area contributed by atoms with Gasteiger partial charge in [-0.3, -0.25) is 15.1 Å². The Bertz CT molecular complexity index is 1260. The van der Waals surface area contributed by atoms with Crippen molar-refractivity contribution in [2.45, 2.75) is 0 Å². The summed E-state index contributed by atoms with van der Waals surface area (Å²) in [5.41, 5.74) is 1.52. The molecule has 0 fully saturated rings. The number of oxazole rings is 1.